The van der Waals surface area contributed by atoms with Gasteiger partial charge in [0.25, 0.3) is 5.91 Å². The molecule has 0 saturated heterocycles. The van der Waals surface area contributed by atoms with Crippen molar-refractivity contribution in [2.45, 2.75) is 33.2 Å². The van der Waals surface area contributed by atoms with Crippen LogP contribution in [0.4, 0.5) is 11.4 Å². The van der Waals surface area contributed by atoms with Gasteiger partial charge in [0.1, 0.15) is 11.6 Å². The Hall–Kier alpha value is -3.59. The molecule has 0 aliphatic rings. The zero-order valence-corrected chi connectivity index (χ0v) is 16.3. The van der Waals surface area contributed by atoms with E-state index in [-0.39, 0.29) is 11.6 Å². The molecule has 28 heavy (non-hydrogen) atoms. The summed E-state index contributed by atoms with van der Waals surface area (Å²) in [5.74, 6) is -1.18. The molecule has 0 heterocycles. The van der Waals surface area contributed by atoms with Crippen molar-refractivity contribution in [2.75, 3.05) is 10.6 Å². The fraction of sp³-hybridized carbons (Fsp3) is 0.227. The van der Waals surface area contributed by atoms with E-state index < -0.39 is 11.8 Å². The number of aryl methyl sites for hydroxylation is 1. The van der Waals surface area contributed by atoms with Crippen LogP contribution in [0.15, 0.2) is 60.3 Å². The second-order valence-corrected chi connectivity index (χ2v) is 6.40. The van der Waals surface area contributed by atoms with E-state index in [1.807, 2.05) is 37.3 Å². The molecule has 0 saturated carbocycles. The summed E-state index contributed by atoms with van der Waals surface area (Å²) in [6.45, 7) is 5.29. The molecule has 0 bridgehead atoms. The zero-order valence-electron chi connectivity index (χ0n) is 16.3. The van der Waals surface area contributed by atoms with Crippen LogP contribution in [0, 0.1) is 11.3 Å². The minimum atomic E-state index is -0.694. The molecule has 2 aromatic carbocycles. The van der Waals surface area contributed by atoms with Crippen LogP contribution >= 0.6 is 0 Å². The predicted molar refractivity (Wildman–Crippen MR) is 110 cm³/mol. The number of benzene rings is 2. The van der Waals surface area contributed by atoms with Crippen LogP contribution in [0.3, 0.4) is 0 Å². The maximum atomic E-state index is 12.8. The van der Waals surface area contributed by atoms with Gasteiger partial charge in [-0.15, -0.1) is 0 Å². The Morgan fingerprint density at radius 1 is 1.18 bits per heavy atom. The molecule has 1 unspecified atom stereocenters. The number of nitrogen functional groups attached to an aromatic ring is 1. The third-order valence-corrected chi connectivity index (χ3v) is 4.39. The number of nitriles is 1. The van der Waals surface area contributed by atoms with Crippen molar-refractivity contribution in [1.29, 1.82) is 5.26 Å². The van der Waals surface area contributed by atoms with Gasteiger partial charge in [0.05, 0.1) is 5.69 Å². The number of nitrogens with two attached hydrogens (primary N) is 1. The Kier molecular flexibility index (Phi) is 6.94. The van der Waals surface area contributed by atoms with Gasteiger partial charge in [-0.2, -0.15) is 5.26 Å². The lowest BCUT2D eigenvalue weighted by Gasteiger charge is -2.19. The summed E-state index contributed by atoms with van der Waals surface area (Å²) in [6, 6.07) is 16.2. The van der Waals surface area contributed by atoms with Crippen molar-refractivity contribution < 1.29 is 9.59 Å². The summed E-state index contributed by atoms with van der Waals surface area (Å²) in [7, 11) is 0. The van der Waals surface area contributed by atoms with E-state index in [1.54, 1.807) is 24.3 Å². The Balaban J connectivity index is 2.21. The van der Waals surface area contributed by atoms with E-state index in [1.165, 1.54) is 18.7 Å². The predicted octanol–water partition coefficient (Wildman–Crippen LogP) is 3.47. The molecule has 6 heteroatoms. The number of nitrogens with zero attached hydrogens (tertiary/aromatic N) is 2. The van der Waals surface area contributed by atoms with Crippen molar-refractivity contribution in [3.05, 3.63) is 71.4 Å². The third-order valence-electron chi connectivity index (χ3n) is 4.39. The smallest absolute Gasteiger partial charge is 0.277 e. The molecule has 2 amide bonds. The molecule has 2 rings (SSSR count). The Morgan fingerprint density at radius 2 is 1.79 bits per heavy atom. The van der Waals surface area contributed by atoms with Crippen LogP contribution in [0.1, 0.15) is 37.9 Å². The number of nitrogens with one attached hydrogen (secondary N) is 1. The largest absolute Gasteiger partial charge is 0.399 e. The molecule has 0 aliphatic carbocycles. The first-order chi connectivity index (χ1) is 13.4. The topological polar surface area (TPSA) is 99.2 Å². The number of carbonyl (C=O) groups excluding carboxylic acids is 2. The van der Waals surface area contributed by atoms with E-state index in [0.717, 1.165) is 16.9 Å². The molecule has 2 aromatic rings. The van der Waals surface area contributed by atoms with Gasteiger partial charge in [0.15, 0.2) is 0 Å². The van der Waals surface area contributed by atoms with Crippen LogP contribution in [0.25, 0.3) is 0 Å². The Bertz CT molecular complexity index is 909. The highest BCUT2D eigenvalue weighted by Crippen LogP contribution is 2.19. The summed E-state index contributed by atoms with van der Waals surface area (Å²) in [6.07, 6.45) is 2.31. The minimum Gasteiger partial charge on any atom is -0.399 e. The maximum absolute atomic E-state index is 12.8. The lowest BCUT2D eigenvalue weighted by Crippen LogP contribution is -2.36. The second kappa shape index (κ2) is 9.38. The van der Waals surface area contributed by atoms with Gasteiger partial charge < -0.3 is 11.1 Å². The van der Waals surface area contributed by atoms with Gasteiger partial charge in [-0.3, -0.25) is 9.59 Å². The van der Waals surface area contributed by atoms with Crippen LogP contribution < -0.4 is 16.0 Å². The quantitative estimate of drug-likeness (QED) is 0.457. The number of hydrogen-bond donors (Lipinski definition) is 2. The molecule has 0 fully saturated rings. The molecular formula is C22H24N4O2. The first kappa shape index (κ1) is 20.7. The average molecular weight is 376 g/mol. The van der Waals surface area contributed by atoms with E-state index in [2.05, 4.69) is 12.2 Å². The second-order valence-electron chi connectivity index (χ2n) is 6.40. The number of amides is 2. The lowest BCUT2D eigenvalue weighted by molar-refractivity contribution is -0.123. The fourth-order valence-corrected chi connectivity index (χ4v) is 2.67. The number of imide groups is 1. The number of rotatable bonds is 6. The van der Waals surface area contributed by atoms with Crippen molar-refractivity contribution >= 4 is 23.2 Å². The average Bonchev–Trinajstić information content (AvgIpc) is 2.69. The van der Waals surface area contributed by atoms with Crippen LogP contribution in [-0.2, 0) is 16.0 Å². The zero-order chi connectivity index (χ0) is 20.7. The minimum absolute atomic E-state index is 0.107. The third kappa shape index (κ3) is 4.98. The summed E-state index contributed by atoms with van der Waals surface area (Å²) >= 11 is 0. The highest BCUT2D eigenvalue weighted by atomic mass is 16.2. The standard InChI is InChI=1S/C22H24N4O2/c1-4-17-5-7-18(8-6-17)15(2)25-14-19(13-23)22(28)26(16(3)27)21-11-9-20(24)10-12-21/h5-12,14-15,25H,4,24H2,1-3H3/b19-14-. The fourth-order valence-electron chi connectivity index (χ4n) is 2.67. The number of carbonyl (C=O) groups is 2. The van der Waals surface area contributed by atoms with Gasteiger partial charge in [-0.25, -0.2) is 4.90 Å². The molecule has 144 valence electrons. The summed E-state index contributed by atoms with van der Waals surface area (Å²) in [4.78, 5) is 25.8. The van der Waals surface area contributed by atoms with Gasteiger partial charge in [-0.05, 0) is 48.7 Å². The normalized spacial score (nSPS) is 12.0. The molecule has 0 aromatic heterocycles. The summed E-state index contributed by atoms with van der Waals surface area (Å²) < 4.78 is 0. The van der Waals surface area contributed by atoms with Gasteiger partial charge in [0, 0.05) is 24.9 Å². The Labute approximate surface area is 165 Å². The molecule has 3 N–H and O–H groups in total. The van der Waals surface area contributed by atoms with E-state index in [0.29, 0.717) is 11.4 Å². The van der Waals surface area contributed by atoms with Crippen molar-refractivity contribution in [3.8, 4) is 6.07 Å². The highest BCUT2D eigenvalue weighted by Gasteiger charge is 2.24. The summed E-state index contributed by atoms with van der Waals surface area (Å²) in [5.41, 5.74) is 8.63. The first-order valence-electron chi connectivity index (χ1n) is 9.03. The maximum Gasteiger partial charge on any atom is 0.277 e. The van der Waals surface area contributed by atoms with Gasteiger partial charge in [-0.1, -0.05) is 31.2 Å². The van der Waals surface area contributed by atoms with E-state index in [4.69, 9.17) is 5.73 Å². The monoisotopic (exact) mass is 376 g/mol. The van der Waals surface area contributed by atoms with Gasteiger partial charge >= 0.3 is 0 Å². The van der Waals surface area contributed by atoms with E-state index >= 15 is 0 Å². The molecule has 6 nitrogen and oxygen atoms in total. The molecular weight excluding hydrogens is 352 g/mol. The van der Waals surface area contributed by atoms with Crippen LogP contribution in [0.2, 0.25) is 0 Å². The molecule has 0 radical (unpaired) electrons. The van der Waals surface area contributed by atoms with Crippen LogP contribution in [-0.4, -0.2) is 11.8 Å². The molecule has 0 spiro atoms. The summed E-state index contributed by atoms with van der Waals surface area (Å²) in [5, 5.41) is 12.5. The highest BCUT2D eigenvalue weighted by molar-refractivity contribution is 6.21. The Morgan fingerprint density at radius 3 is 2.29 bits per heavy atom. The SMILES string of the molecule is CCc1ccc(C(C)N/C=C(/C#N)C(=O)N(C(C)=O)c2ccc(N)cc2)cc1. The van der Waals surface area contributed by atoms with Gasteiger partial charge in [0.2, 0.25) is 5.91 Å². The van der Waals surface area contributed by atoms with E-state index in [9.17, 15) is 14.9 Å². The van der Waals surface area contributed by atoms with Crippen molar-refractivity contribution in [2.24, 2.45) is 0 Å². The lowest BCUT2D eigenvalue weighted by atomic mass is 10.1. The first-order valence-corrected chi connectivity index (χ1v) is 9.03. The number of hydrogen-bond acceptors (Lipinski definition) is 5. The van der Waals surface area contributed by atoms with Crippen molar-refractivity contribution in [3.63, 3.8) is 0 Å². The molecule has 0 aliphatic heterocycles. The molecule has 1 atom stereocenters. The number of anilines is 2. The van der Waals surface area contributed by atoms with Crippen LogP contribution in [0.5, 0.6) is 0 Å². The van der Waals surface area contributed by atoms with Crippen molar-refractivity contribution in [1.82, 2.24) is 5.32 Å².